The van der Waals surface area contributed by atoms with Gasteiger partial charge in [-0.3, -0.25) is 14.2 Å². The van der Waals surface area contributed by atoms with Crippen LogP contribution < -0.4 is 20.3 Å². The number of hydrogen-bond donors (Lipinski definition) is 1. The summed E-state index contributed by atoms with van der Waals surface area (Å²) in [4.78, 5) is 28.4. The lowest BCUT2D eigenvalue weighted by Crippen LogP contribution is -2.33. The van der Waals surface area contributed by atoms with Crippen LogP contribution in [0.3, 0.4) is 0 Å². The van der Waals surface area contributed by atoms with Gasteiger partial charge in [0, 0.05) is 6.54 Å². The Morgan fingerprint density at radius 3 is 2.92 bits per heavy atom. The fraction of sp³-hybridized carbons (Fsp3) is 0.211. The monoisotopic (exact) mass is 351 g/mol. The van der Waals surface area contributed by atoms with Crippen molar-refractivity contribution in [1.29, 1.82) is 0 Å². The van der Waals surface area contributed by atoms with Crippen LogP contribution in [0.5, 0.6) is 11.5 Å². The molecule has 0 spiro atoms. The minimum absolute atomic E-state index is 0.0387. The second-order valence-electron chi connectivity index (χ2n) is 5.96. The van der Waals surface area contributed by atoms with E-state index in [0.717, 1.165) is 17.1 Å². The Bertz CT molecular complexity index is 1030. The number of aromatic nitrogens is 2. The molecule has 0 bridgehead atoms. The van der Waals surface area contributed by atoms with Gasteiger partial charge in [-0.1, -0.05) is 18.2 Å². The van der Waals surface area contributed by atoms with Crippen molar-refractivity contribution in [2.75, 3.05) is 13.3 Å². The number of amides is 1. The van der Waals surface area contributed by atoms with Crippen molar-refractivity contribution in [3.8, 4) is 11.5 Å². The molecule has 0 aliphatic carbocycles. The fourth-order valence-electron chi connectivity index (χ4n) is 2.92. The van der Waals surface area contributed by atoms with Gasteiger partial charge in [-0.15, -0.1) is 0 Å². The number of rotatable bonds is 5. The van der Waals surface area contributed by atoms with Crippen LogP contribution in [0.4, 0.5) is 0 Å². The van der Waals surface area contributed by atoms with E-state index in [2.05, 4.69) is 10.3 Å². The molecule has 0 fully saturated rings. The highest BCUT2D eigenvalue weighted by atomic mass is 16.7. The normalized spacial score (nSPS) is 12.3. The van der Waals surface area contributed by atoms with Crippen molar-refractivity contribution in [2.45, 2.75) is 13.0 Å². The third-order valence-corrected chi connectivity index (χ3v) is 4.23. The number of carbonyl (C=O) groups is 1. The maximum absolute atomic E-state index is 12.2. The first-order valence-electron chi connectivity index (χ1n) is 8.30. The molecule has 2 aromatic carbocycles. The topological polar surface area (TPSA) is 82.5 Å². The van der Waals surface area contributed by atoms with Crippen LogP contribution in [-0.2, 0) is 17.8 Å². The second-order valence-corrected chi connectivity index (χ2v) is 5.96. The van der Waals surface area contributed by atoms with E-state index in [0.29, 0.717) is 24.0 Å². The Labute approximate surface area is 149 Å². The molecule has 1 amide bonds. The van der Waals surface area contributed by atoms with E-state index in [4.69, 9.17) is 9.47 Å². The maximum atomic E-state index is 12.2. The molecule has 7 heteroatoms. The summed E-state index contributed by atoms with van der Waals surface area (Å²) >= 11 is 0. The molecule has 1 N–H and O–H groups in total. The first-order valence-corrected chi connectivity index (χ1v) is 8.30. The summed E-state index contributed by atoms with van der Waals surface area (Å²) in [6.07, 6.45) is 1.90. The summed E-state index contributed by atoms with van der Waals surface area (Å²) in [5.74, 6) is 1.24. The molecule has 0 atom stereocenters. The first kappa shape index (κ1) is 16.1. The number of benzene rings is 2. The van der Waals surface area contributed by atoms with Gasteiger partial charge in [0.2, 0.25) is 12.7 Å². The fourth-order valence-corrected chi connectivity index (χ4v) is 2.92. The summed E-state index contributed by atoms with van der Waals surface area (Å²) in [6.45, 7) is 0.670. The summed E-state index contributed by atoms with van der Waals surface area (Å²) in [5.41, 5.74) is 2.07. The predicted octanol–water partition coefficient (Wildman–Crippen LogP) is 1.48. The van der Waals surface area contributed by atoms with Gasteiger partial charge in [-0.05, 0) is 36.2 Å². The van der Waals surface area contributed by atoms with E-state index in [9.17, 15) is 9.59 Å². The Balaban J connectivity index is 1.39. The second kappa shape index (κ2) is 6.87. The van der Waals surface area contributed by atoms with Crippen LogP contribution in [0, 0.1) is 0 Å². The summed E-state index contributed by atoms with van der Waals surface area (Å²) < 4.78 is 12.1. The summed E-state index contributed by atoms with van der Waals surface area (Å²) in [6, 6.07) is 13.0. The molecule has 2 heterocycles. The number of para-hydroxylation sites is 2. The number of nitrogens with one attached hydrogen (secondary N) is 1. The molecular weight excluding hydrogens is 334 g/mol. The average molecular weight is 351 g/mol. The summed E-state index contributed by atoms with van der Waals surface area (Å²) in [5, 5.41) is 2.85. The molecule has 0 saturated heterocycles. The number of hydrogen-bond acceptors (Lipinski definition) is 5. The Morgan fingerprint density at radius 1 is 1.15 bits per heavy atom. The smallest absolute Gasteiger partial charge is 0.269 e. The lowest BCUT2D eigenvalue weighted by molar-refractivity contribution is -0.121. The molecule has 4 rings (SSSR count). The number of ether oxygens (including phenoxy) is 2. The average Bonchev–Trinajstić information content (AvgIpc) is 3.12. The minimum atomic E-state index is -0.297. The Kier molecular flexibility index (Phi) is 4.27. The third-order valence-electron chi connectivity index (χ3n) is 4.23. The number of carbonyl (C=O) groups excluding carboxylic acids is 1. The van der Waals surface area contributed by atoms with Crippen molar-refractivity contribution in [2.24, 2.45) is 0 Å². The van der Waals surface area contributed by atoms with E-state index < -0.39 is 0 Å². The van der Waals surface area contributed by atoms with E-state index in [1.807, 2.05) is 36.4 Å². The SMILES string of the molecule is O=C(Cn1c(=O)cnc2ccccc21)NCCc1ccc2c(c1)OCO2. The van der Waals surface area contributed by atoms with Gasteiger partial charge >= 0.3 is 0 Å². The van der Waals surface area contributed by atoms with Crippen LogP contribution in [0.2, 0.25) is 0 Å². The lowest BCUT2D eigenvalue weighted by atomic mass is 10.1. The van der Waals surface area contributed by atoms with Crippen molar-refractivity contribution in [3.05, 3.63) is 64.6 Å². The zero-order valence-electron chi connectivity index (χ0n) is 14.0. The van der Waals surface area contributed by atoms with Crippen LogP contribution in [0.15, 0.2) is 53.5 Å². The molecule has 0 saturated carbocycles. The van der Waals surface area contributed by atoms with Crippen LogP contribution in [-0.4, -0.2) is 28.8 Å². The molecule has 0 unspecified atom stereocenters. The third kappa shape index (κ3) is 3.23. The highest BCUT2D eigenvalue weighted by Gasteiger charge is 2.13. The van der Waals surface area contributed by atoms with Crippen molar-refractivity contribution >= 4 is 16.9 Å². The molecule has 132 valence electrons. The molecule has 1 aromatic heterocycles. The molecule has 1 aliphatic rings. The van der Waals surface area contributed by atoms with Gasteiger partial charge in [-0.25, -0.2) is 4.98 Å². The molecule has 0 radical (unpaired) electrons. The number of fused-ring (bicyclic) bond motifs is 2. The molecule has 26 heavy (non-hydrogen) atoms. The predicted molar refractivity (Wildman–Crippen MR) is 95.3 cm³/mol. The van der Waals surface area contributed by atoms with Crippen molar-refractivity contribution in [3.63, 3.8) is 0 Å². The zero-order valence-corrected chi connectivity index (χ0v) is 14.0. The van der Waals surface area contributed by atoms with E-state index >= 15 is 0 Å². The highest BCUT2D eigenvalue weighted by Crippen LogP contribution is 2.32. The van der Waals surface area contributed by atoms with Crippen LogP contribution in [0.1, 0.15) is 5.56 Å². The molecule has 7 nitrogen and oxygen atoms in total. The van der Waals surface area contributed by atoms with Gasteiger partial charge in [0.05, 0.1) is 17.2 Å². The summed E-state index contributed by atoms with van der Waals surface area (Å²) in [7, 11) is 0. The van der Waals surface area contributed by atoms with Gasteiger partial charge in [-0.2, -0.15) is 0 Å². The first-order chi connectivity index (χ1) is 12.7. The Hall–Kier alpha value is -3.35. The van der Waals surface area contributed by atoms with Gasteiger partial charge < -0.3 is 14.8 Å². The standard InChI is InChI=1S/C19H17N3O4/c23-18(11-22-15-4-2-1-3-14(15)21-10-19(22)24)20-8-7-13-5-6-16-17(9-13)26-12-25-16/h1-6,9-10H,7-8,11-12H2,(H,20,23). The van der Waals surface area contributed by atoms with Crippen molar-refractivity contribution < 1.29 is 14.3 Å². The van der Waals surface area contributed by atoms with E-state index in [1.54, 1.807) is 6.07 Å². The van der Waals surface area contributed by atoms with Gasteiger partial charge in [0.1, 0.15) is 6.54 Å². The number of nitrogens with zero attached hydrogens (tertiary/aromatic N) is 2. The minimum Gasteiger partial charge on any atom is -0.454 e. The highest BCUT2D eigenvalue weighted by molar-refractivity contribution is 5.79. The van der Waals surface area contributed by atoms with E-state index in [-0.39, 0.29) is 24.8 Å². The molecule has 3 aromatic rings. The van der Waals surface area contributed by atoms with Crippen LogP contribution in [0.25, 0.3) is 11.0 Å². The van der Waals surface area contributed by atoms with Gasteiger partial charge in [0.15, 0.2) is 11.5 Å². The quantitative estimate of drug-likeness (QED) is 0.753. The maximum Gasteiger partial charge on any atom is 0.269 e. The van der Waals surface area contributed by atoms with Crippen LogP contribution >= 0.6 is 0 Å². The lowest BCUT2D eigenvalue weighted by Gasteiger charge is -2.10. The molecule has 1 aliphatic heterocycles. The van der Waals surface area contributed by atoms with Gasteiger partial charge in [0.25, 0.3) is 5.56 Å². The van der Waals surface area contributed by atoms with E-state index in [1.165, 1.54) is 10.8 Å². The Morgan fingerprint density at radius 2 is 2.00 bits per heavy atom. The zero-order chi connectivity index (χ0) is 17.9. The van der Waals surface area contributed by atoms with Crippen molar-refractivity contribution in [1.82, 2.24) is 14.9 Å². The molecular formula is C19H17N3O4. The largest absolute Gasteiger partial charge is 0.454 e.